The molecule has 0 heterocycles. The van der Waals surface area contributed by atoms with E-state index in [0.717, 1.165) is 40.4 Å². The Hall–Kier alpha value is -3.35. The number of nitrogens with one attached hydrogen (secondary N) is 1. The number of benzene rings is 3. The summed E-state index contributed by atoms with van der Waals surface area (Å²) in [5.74, 6) is 0.504. The summed E-state index contributed by atoms with van der Waals surface area (Å²) in [7, 11) is 0. The van der Waals surface area contributed by atoms with Crippen molar-refractivity contribution in [2.24, 2.45) is 11.7 Å². The zero-order valence-electron chi connectivity index (χ0n) is 19.7. The molecule has 4 rings (SSSR count). The van der Waals surface area contributed by atoms with E-state index in [2.05, 4.69) is 35.6 Å². The van der Waals surface area contributed by atoms with Crippen molar-refractivity contribution < 1.29 is 19.7 Å². The summed E-state index contributed by atoms with van der Waals surface area (Å²) >= 11 is 0. The molecule has 6 nitrogen and oxygen atoms in total. The topological polar surface area (TPSA) is 105 Å². The van der Waals surface area contributed by atoms with Crippen molar-refractivity contribution in [3.63, 3.8) is 0 Å². The van der Waals surface area contributed by atoms with Crippen LogP contribution in [0.15, 0.2) is 66.7 Å². The van der Waals surface area contributed by atoms with Gasteiger partial charge in [-0.3, -0.25) is 4.79 Å². The van der Waals surface area contributed by atoms with Crippen LogP contribution in [-0.4, -0.2) is 29.3 Å². The van der Waals surface area contributed by atoms with Gasteiger partial charge in [0.05, 0.1) is 6.42 Å². The van der Waals surface area contributed by atoms with Gasteiger partial charge in [0.2, 0.25) is 0 Å². The van der Waals surface area contributed by atoms with Crippen molar-refractivity contribution in [3.8, 4) is 16.9 Å². The first-order valence-electron chi connectivity index (χ1n) is 11.7. The number of para-hydroxylation sites is 1. The number of rotatable bonds is 10. The molecule has 3 aromatic carbocycles. The third-order valence-corrected chi connectivity index (χ3v) is 5.49. The first kappa shape index (κ1) is 25.3. The number of hydrogen-bond acceptors (Lipinski definition) is 5. The predicted molar refractivity (Wildman–Crippen MR) is 136 cm³/mol. The molecule has 0 amide bonds. The van der Waals surface area contributed by atoms with Gasteiger partial charge in [0.15, 0.2) is 0 Å². The van der Waals surface area contributed by atoms with Crippen molar-refractivity contribution >= 4 is 11.7 Å². The summed E-state index contributed by atoms with van der Waals surface area (Å²) in [6.07, 6.45) is 2.53. The van der Waals surface area contributed by atoms with E-state index in [4.69, 9.17) is 20.7 Å². The molecule has 0 spiro atoms. The van der Waals surface area contributed by atoms with Gasteiger partial charge in [0.25, 0.3) is 0 Å². The van der Waals surface area contributed by atoms with Crippen LogP contribution in [0.1, 0.15) is 36.5 Å². The number of anilines is 1. The Morgan fingerprint density at radius 1 is 1.03 bits per heavy atom. The third kappa shape index (κ3) is 7.90. The summed E-state index contributed by atoms with van der Waals surface area (Å²) in [6, 6.07) is 22.0. The SMILES string of the molecule is CCO.NCc1cccc(-c2cc(COc3ccccc3CC(=O)O)cc(NCC3CC3)c2)c1. The molecule has 1 fully saturated rings. The highest BCUT2D eigenvalue weighted by molar-refractivity contribution is 5.71. The number of hydrogen-bond donors (Lipinski definition) is 4. The molecule has 5 N–H and O–H groups in total. The van der Waals surface area contributed by atoms with E-state index >= 15 is 0 Å². The van der Waals surface area contributed by atoms with Gasteiger partial charge in [-0.15, -0.1) is 0 Å². The van der Waals surface area contributed by atoms with Crippen LogP contribution >= 0.6 is 0 Å². The van der Waals surface area contributed by atoms with Crippen LogP contribution in [0.4, 0.5) is 5.69 Å². The Labute approximate surface area is 201 Å². The second kappa shape index (κ2) is 12.8. The molecule has 0 aromatic heterocycles. The van der Waals surface area contributed by atoms with Crippen molar-refractivity contribution in [1.82, 2.24) is 0 Å². The lowest BCUT2D eigenvalue weighted by atomic mass is 10.00. The summed E-state index contributed by atoms with van der Waals surface area (Å²) in [5, 5.41) is 20.3. The summed E-state index contributed by atoms with van der Waals surface area (Å²) in [6.45, 7) is 3.77. The number of carboxylic acids is 1. The third-order valence-electron chi connectivity index (χ3n) is 5.49. The van der Waals surface area contributed by atoms with Crippen LogP contribution in [-0.2, 0) is 24.4 Å². The molecule has 0 unspecified atom stereocenters. The Morgan fingerprint density at radius 2 is 1.76 bits per heavy atom. The maximum absolute atomic E-state index is 11.2. The standard InChI is InChI=1S/C26H28N2O3.C2H6O/c27-15-19-4-3-6-21(10-19)23-11-20(12-24(13-23)28-16-18-8-9-18)17-31-25-7-2-1-5-22(25)14-26(29)30;1-2-3/h1-7,10-13,18,28H,8-9,14-17,27H2,(H,29,30);3H,2H2,1H3. The smallest absolute Gasteiger partial charge is 0.307 e. The maximum atomic E-state index is 11.2. The van der Waals surface area contributed by atoms with E-state index in [1.807, 2.05) is 30.3 Å². The minimum absolute atomic E-state index is 0.0592. The molecule has 6 heteroatoms. The lowest BCUT2D eigenvalue weighted by Gasteiger charge is -2.14. The van der Waals surface area contributed by atoms with Crippen LogP contribution in [0, 0.1) is 5.92 Å². The Kier molecular flexibility index (Phi) is 9.50. The van der Waals surface area contributed by atoms with Crippen LogP contribution in [0.5, 0.6) is 5.75 Å². The van der Waals surface area contributed by atoms with Gasteiger partial charge in [0, 0.05) is 30.9 Å². The Bertz CT molecular complexity index is 1080. The number of aliphatic carboxylic acids is 1. The molecular weight excluding hydrogens is 428 g/mol. The largest absolute Gasteiger partial charge is 0.489 e. The lowest BCUT2D eigenvalue weighted by Crippen LogP contribution is -2.06. The molecular formula is C28H34N2O4. The molecule has 0 bridgehead atoms. The van der Waals surface area contributed by atoms with Crippen molar-refractivity contribution in [2.45, 2.75) is 39.3 Å². The van der Waals surface area contributed by atoms with Crippen molar-refractivity contribution in [1.29, 1.82) is 0 Å². The molecule has 0 saturated heterocycles. The van der Waals surface area contributed by atoms with Crippen LogP contribution in [0.2, 0.25) is 0 Å². The van der Waals surface area contributed by atoms with Gasteiger partial charge in [-0.25, -0.2) is 0 Å². The van der Waals surface area contributed by atoms with Crippen LogP contribution in [0.25, 0.3) is 11.1 Å². The highest BCUT2D eigenvalue weighted by atomic mass is 16.5. The van der Waals surface area contributed by atoms with E-state index in [-0.39, 0.29) is 13.0 Å². The highest BCUT2D eigenvalue weighted by Crippen LogP contribution is 2.31. The molecule has 34 heavy (non-hydrogen) atoms. The van der Waals surface area contributed by atoms with Gasteiger partial charge in [-0.05, 0) is 78.3 Å². The van der Waals surface area contributed by atoms with E-state index in [0.29, 0.717) is 24.5 Å². The minimum atomic E-state index is -0.871. The zero-order valence-corrected chi connectivity index (χ0v) is 19.7. The quantitative estimate of drug-likeness (QED) is 0.344. The summed E-state index contributed by atoms with van der Waals surface area (Å²) in [4.78, 5) is 11.2. The second-order valence-electron chi connectivity index (χ2n) is 8.43. The fourth-order valence-electron chi connectivity index (χ4n) is 3.62. The molecule has 0 atom stereocenters. The molecule has 180 valence electrons. The van der Waals surface area contributed by atoms with E-state index in [9.17, 15) is 4.79 Å². The van der Waals surface area contributed by atoms with Crippen molar-refractivity contribution in [2.75, 3.05) is 18.5 Å². The van der Waals surface area contributed by atoms with Gasteiger partial charge in [0.1, 0.15) is 12.4 Å². The molecule has 0 radical (unpaired) electrons. The first-order chi connectivity index (χ1) is 16.5. The number of carboxylic acid groups (broad SMARTS) is 1. The zero-order chi connectivity index (χ0) is 24.3. The summed E-state index contributed by atoms with van der Waals surface area (Å²) in [5.41, 5.74) is 11.9. The first-order valence-corrected chi connectivity index (χ1v) is 11.7. The molecule has 1 aliphatic carbocycles. The van der Waals surface area contributed by atoms with Crippen molar-refractivity contribution in [3.05, 3.63) is 83.4 Å². The number of carbonyl (C=O) groups is 1. The maximum Gasteiger partial charge on any atom is 0.307 e. The van der Waals surface area contributed by atoms with Crippen LogP contribution < -0.4 is 15.8 Å². The lowest BCUT2D eigenvalue weighted by molar-refractivity contribution is -0.136. The molecule has 1 aliphatic rings. The number of nitrogens with two attached hydrogens (primary N) is 1. The average molecular weight is 463 g/mol. The summed E-state index contributed by atoms with van der Waals surface area (Å²) < 4.78 is 6.04. The minimum Gasteiger partial charge on any atom is -0.489 e. The van der Waals surface area contributed by atoms with Gasteiger partial charge < -0.3 is 26.0 Å². The van der Waals surface area contributed by atoms with Gasteiger partial charge >= 0.3 is 5.97 Å². The Balaban J connectivity index is 0.00000103. The average Bonchev–Trinajstić information content (AvgIpc) is 3.67. The number of aliphatic hydroxyl groups excluding tert-OH is 1. The number of ether oxygens (including phenoxy) is 1. The van der Waals surface area contributed by atoms with E-state index in [1.54, 1.807) is 13.0 Å². The van der Waals surface area contributed by atoms with E-state index in [1.165, 1.54) is 12.8 Å². The normalized spacial score (nSPS) is 12.4. The Morgan fingerprint density at radius 3 is 2.47 bits per heavy atom. The van der Waals surface area contributed by atoms with Crippen LogP contribution in [0.3, 0.4) is 0 Å². The predicted octanol–water partition coefficient (Wildman–Crippen LogP) is 4.84. The fraction of sp³-hybridized carbons (Fsp3) is 0.321. The number of aliphatic hydroxyl groups is 1. The second-order valence-corrected chi connectivity index (χ2v) is 8.43. The molecule has 3 aromatic rings. The highest BCUT2D eigenvalue weighted by Gasteiger charge is 2.20. The monoisotopic (exact) mass is 462 g/mol. The molecule has 0 aliphatic heterocycles. The van der Waals surface area contributed by atoms with Gasteiger partial charge in [-0.1, -0.05) is 36.4 Å². The fourth-order valence-corrected chi connectivity index (χ4v) is 3.62. The van der Waals surface area contributed by atoms with E-state index < -0.39 is 5.97 Å². The molecule has 1 saturated carbocycles. The van der Waals surface area contributed by atoms with Gasteiger partial charge in [-0.2, -0.15) is 0 Å².